The molecule has 2 heterocycles. The minimum absolute atomic E-state index is 0.113. The van der Waals surface area contributed by atoms with Gasteiger partial charge < -0.3 is 15.0 Å². The Balaban J connectivity index is 1.67. The molecule has 2 aromatic carbocycles. The molecule has 0 saturated heterocycles. The normalized spacial score (nSPS) is 12.5. The van der Waals surface area contributed by atoms with Crippen molar-refractivity contribution in [1.82, 2.24) is 14.9 Å². The molecule has 0 aliphatic carbocycles. The number of nitrogens with one attached hydrogen (secondary N) is 1. The van der Waals surface area contributed by atoms with Gasteiger partial charge in [0.2, 0.25) is 0 Å². The molecule has 0 fully saturated rings. The number of anilines is 1. The second-order valence-electron chi connectivity index (χ2n) is 9.38. The quantitative estimate of drug-likeness (QED) is 0.297. The van der Waals surface area contributed by atoms with Crippen molar-refractivity contribution >= 4 is 28.1 Å². The third-order valence-electron chi connectivity index (χ3n) is 6.00. The number of thiophene rings is 1. The first-order valence-corrected chi connectivity index (χ1v) is 12.6. The van der Waals surface area contributed by atoms with Crippen molar-refractivity contribution in [3.8, 4) is 16.9 Å². The number of benzene rings is 2. The largest absolute Gasteiger partial charge is 0.496 e. The van der Waals surface area contributed by atoms with E-state index >= 15 is 0 Å². The maximum Gasteiger partial charge on any atom is 0.138 e. The molecule has 0 aliphatic heterocycles. The molecular weight excluding hydrogens is 440 g/mol. The summed E-state index contributed by atoms with van der Waals surface area (Å²) in [4.78, 5) is 12.9. The average molecular weight is 475 g/mol. The number of hydrogen-bond donors (Lipinski definition) is 1. The van der Waals surface area contributed by atoms with Gasteiger partial charge in [-0.05, 0) is 73.6 Å². The van der Waals surface area contributed by atoms with Gasteiger partial charge in [-0.2, -0.15) is 0 Å². The summed E-state index contributed by atoms with van der Waals surface area (Å²) in [7, 11) is 5.93. The summed E-state index contributed by atoms with van der Waals surface area (Å²) in [5, 5.41) is 6.95. The summed E-state index contributed by atoms with van der Waals surface area (Å²) in [5.41, 5.74) is 5.96. The highest BCUT2D eigenvalue weighted by Crippen LogP contribution is 2.36. The summed E-state index contributed by atoms with van der Waals surface area (Å²) in [6.45, 7) is 9.40. The van der Waals surface area contributed by atoms with Crippen molar-refractivity contribution in [1.29, 1.82) is 0 Å². The lowest BCUT2D eigenvalue weighted by Gasteiger charge is -2.18. The molecule has 6 heteroatoms. The molecule has 1 atom stereocenters. The van der Waals surface area contributed by atoms with Gasteiger partial charge in [-0.25, -0.2) is 9.97 Å². The lowest BCUT2D eigenvalue weighted by Crippen LogP contribution is -2.11. The second-order valence-corrected chi connectivity index (χ2v) is 10.3. The van der Waals surface area contributed by atoms with Crippen LogP contribution >= 0.6 is 11.3 Å². The van der Waals surface area contributed by atoms with Crippen molar-refractivity contribution in [2.24, 2.45) is 0 Å². The van der Waals surface area contributed by atoms with Crippen molar-refractivity contribution in [2.45, 2.75) is 46.2 Å². The maximum atomic E-state index is 5.64. The highest BCUT2D eigenvalue weighted by Gasteiger charge is 2.17. The lowest BCUT2D eigenvalue weighted by atomic mass is 9.99. The molecular formula is C28H34N4OS. The lowest BCUT2D eigenvalue weighted by molar-refractivity contribution is 0.403. The number of hydrogen-bond acceptors (Lipinski definition) is 6. The van der Waals surface area contributed by atoms with Gasteiger partial charge in [0.15, 0.2) is 0 Å². The van der Waals surface area contributed by atoms with E-state index in [1.54, 1.807) is 18.4 Å². The molecule has 0 aliphatic rings. The van der Waals surface area contributed by atoms with Crippen LogP contribution in [0.15, 0.2) is 47.8 Å². The minimum Gasteiger partial charge on any atom is -0.496 e. The topological polar surface area (TPSA) is 50.3 Å². The van der Waals surface area contributed by atoms with Gasteiger partial charge in [0.25, 0.3) is 0 Å². The first-order chi connectivity index (χ1) is 16.3. The second kappa shape index (κ2) is 10.1. The Hall–Kier alpha value is -2.96. The molecule has 0 amide bonds. The van der Waals surface area contributed by atoms with Crippen LogP contribution < -0.4 is 10.1 Å². The molecule has 4 aromatic rings. The molecule has 0 saturated carbocycles. The minimum atomic E-state index is 0.113. The molecule has 0 spiro atoms. The van der Waals surface area contributed by atoms with E-state index in [9.17, 15) is 0 Å². The number of ether oxygens (including phenoxy) is 1. The molecule has 5 nitrogen and oxygen atoms in total. The van der Waals surface area contributed by atoms with Gasteiger partial charge in [0.1, 0.15) is 17.4 Å². The number of aryl methyl sites for hydroxylation is 1. The fraction of sp³-hybridized carbons (Fsp3) is 0.357. The van der Waals surface area contributed by atoms with Crippen molar-refractivity contribution in [3.05, 3.63) is 69.7 Å². The van der Waals surface area contributed by atoms with Gasteiger partial charge in [-0.1, -0.05) is 38.1 Å². The van der Waals surface area contributed by atoms with Gasteiger partial charge in [-0.15, -0.1) is 11.3 Å². The first kappa shape index (κ1) is 24.2. The SMILES string of the molecule is COc1cc2nc(C)nc(N[C@H](C)c3cc(-c4ccccc4CN(C)C)cs3)c2cc1C(C)C. The van der Waals surface area contributed by atoms with Gasteiger partial charge >= 0.3 is 0 Å². The molecule has 178 valence electrons. The van der Waals surface area contributed by atoms with E-state index in [1.165, 1.54) is 21.6 Å². The molecule has 2 aromatic heterocycles. The van der Waals surface area contributed by atoms with Crippen LogP contribution in [-0.4, -0.2) is 36.1 Å². The monoisotopic (exact) mass is 474 g/mol. The fourth-order valence-electron chi connectivity index (χ4n) is 4.31. The zero-order valence-electron chi connectivity index (χ0n) is 21.1. The molecule has 4 rings (SSSR count). The van der Waals surface area contributed by atoms with Crippen LogP contribution in [0.25, 0.3) is 22.0 Å². The standard InChI is InChI=1S/C28H34N4OS/c1-17(2)23-13-24-25(14-26(23)33-7)30-19(4)31-28(24)29-18(3)27-12-21(16-34-27)22-11-9-8-10-20(22)15-32(5)6/h8-14,16-18H,15H2,1-7H3,(H,29,30,31)/t18-/m1/s1. The number of fused-ring (bicyclic) bond motifs is 1. The van der Waals surface area contributed by atoms with Crippen molar-refractivity contribution < 1.29 is 4.74 Å². The first-order valence-electron chi connectivity index (χ1n) is 11.7. The Morgan fingerprint density at radius 1 is 1.06 bits per heavy atom. The third kappa shape index (κ3) is 5.08. The molecule has 0 radical (unpaired) electrons. The van der Waals surface area contributed by atoms with E-state index in [1.807, 2.05) is 13.0 Å². The Bertz CT molecular complexity index is 1300. The predicted octanol–water partition coefficient (Wildman–Crippen LogP) is 7.03. The number of nitrogens with zero attached hydrogens (tertiary/aromatic N) is 3. The van der Waals surface area contributed by atoms with Crippen molar-refractivity contribution in [2.75, 3.05) is 26.5 Å². The zero-order valence-corrected chi connectivity index (χ0v) is 22.0. The number of rotatable bonds is 8. The Morgan fingerprint density at radius 3 is 2.53 bits per heavy atom. The Kier molecular flexibility index (Phi) is 7.19. The van der Waals surface area contributed by atoms with E-state index < -0.39 is 0 Å². The van der Waals surface area contributed by atoms with Crippen LogP contribution in [0.4, 0.5) is 5.82 Å². The highest BCUT2D eigenvalue weighted by atomic mass is 32.1. The van der Waals surface area contributed by atoms with Crippen LogP contribution in [0.1, 0.15) is 54.6 Å². The maximum absolute atomic E-state index is 5.64. The van der Waals surface area contributed by atoms with E-state index in [0.29, 0.717) is 5.92 Å². The summed E-state index contributed by atoms with van der Waals surface area (Å²) in [6.07, 6.45) is 0. The number of aromatic nitrogens is 2. The van der Waals surface area contributed by atoms with Gasteiger partial charge in [-0.3, -0.25) is 0 Å². The molecule has 0 bridgehead atoms. The number of methoxy groups -OCH3 is 1. The smallest absolute Gasteiger partial charge is 0.138 e. The zero-order chi connectivity index (χ0) is 24.4. The van der Waals surface area contributed by atoms with Gasteiger partial charge in [0.05, 0.1) is 18.7 Å². The fourth-order valence-corrected chi connectivity index (χ4v) is 5.22. The Morgan fingerprint density at radius 2 is 1.82 bits per heavy atom. The summed E-state index contributed by atoms with van der Waals surface area (Å²) >= 11 is 1.78. The van der Waals surface area contributed by atoms with Crippen LogP contribution in [0.3, 0.4) is 0 Å². The van der Waals surface area contributed by atoms with E-state index in [-0.39, 0.29) is 6.04 Å². The van der Waals surface area contributed by atoms with Crippen molar-refractivity contribution in [3.63, 3.8) is 0 Å². The average Bonchev–Trinajstić information content (AvgIpc) is 3.28. The van der Waals surface area contributed by atoms with Gasteiger partial charge in [0, 0.05) is 22.9 Å². The van der Waals surface area contributed by atoms with E-state index in [4.69, 9.17) is 9.72 Å². The summed E-state index contributed by atoms with van der Waals surface area (Å²) in [5.74, 6) is 2.82. The van der Waals surface area contributed by atoms with E-state index in [0.717, 1.165) is 40.4 Å². The molecule has 1 N–H and O–H groups in total. The van der Waals surface area contributed by atoms with Crippen LogP contribution in [0.5, 0.6) is 5.75 Å². The molecule has 0 unspecified atom stereocenters. The summed E-state index contributed by atoms with van der Waals surface area (Å²) in [6, 6.07) is 15.3. The Labute approximate surface area is 206 Å². The van der Waals surface area contributed by atoms with E-state index in [2.05, 4.69) is 91.8 Å². The predicted molar refractivity (Wildman–Crippen MR) is 144 cm³/mol. The van der Waals surface area contributed by atoms with Crippen LogP contribution in [0.2, 0.25) is 0 Å². The van der Waals surface area contributed by atoms with Crippen LogP contribution in [-0.2, 0) is 6.54 Å². The molecule has 34 heavy (non-hydrogen) atoms. The van der Waals surface area contributed by atoms with Crippen LogP contribution in [0, 0.1) is 6.92 Å². The third-order valence-corrected chi connectivity index (χ3v) is 7.11. The highest BCUT2D eigenvalue weighted by molar-refractivity contribution is 7.10. The summed E-state index contributed by atoms with van der Waals surface area (Å²) < 4.78 is 5.64.